The predicted octanol–water partition coefficient (Wildman–Crippen LogP) is 1.65. The Kier molecular flexibility index (Phi) is 3.94. The van der Waals surface area contributed by atoms with Crippen molar-refractivity contribution in [2.24, 2.45) is 0 Å². The van der Waals surface area contributed by atoms with E-state index in [1.54, 1.807) is 13.2 Å². The van der Waals surface area contributed by atoms with E-state index in [0.29, 0.717) is 18.5 Å². The second kappa shape index (κ2) is 5.83. The number of nitrogens with zero attached hydrogens (tertiary/aromatic N) is 2. The highest BCUT2D eigenvalue weighted by molar-refractivity contribution is 5.94. The van der Waals surface area contributed by atoms with Crippen LogP contribution in [-0.2, 0) is 4.79 Å². The number of nitrogens with one attached hydrogen (secondary N) is 2. The maximum atomic E-state index is 11.2. The molecule has 5 nitrogen and oxygen atoms in total. The monoisotopic (exact) mass is 254 g/mol. The number of nitriles is 1. The number of benzene rings is 1. The number of carbonyl (C=O) groups is 1. The summed E-state index contributed by atoms with van der Waals surface area (Å²) in [7, 11) is 1.60. The summed E-state index contributed by atoms with van der Waals surface area (Å²) < 4.78 is 0. The molecule has 0 aliphatic heterocycles. The number of para-hydroxylation sites is 1. The molecule has 0 radical (unpaired) electrons. The van der Waals surface area contributed by atoms with E-state index in [1.165, 1.54) is 0 Å². The second-order valence-corrected chi connectivity index (χ2v) is 4.03. The fraction of sp³-hybridized carbons (Fsp3) is 0.214. The average Bonchev–Trinajstić information content (AvgIpc) is 2.47. The molecule has 0 bridgehead atoms. The standard InChI is InChI=1S/C14H14N4O/c1-16-13(19)6-7-17-14-10(8-15)9-18-12-5-3-2-4-11(12)14/h2-5,9H,6-7H2,1H3,(H,16,19)(H,17,18). The summed E-state index contributed by atoms with van der Waals surface area (Å²) in [5, 5.41) is 15.7. The van der Waals surface area contributed by atoms with Gasteiger partial charge in [-0.25, -0.2) is 0 Å². The highest BCUT2D eigenvalue weighted by Crippen LogP contribution is 2.25. The number of fused-ring (bicyclic) bond motifs is 1. The van der Waals surface area contributed by atoms with E-state index in [2.05, 4.69) is 21.7 Å². The SMILES string of the molecule is CNC(=O)CCNc1c(C#N)cnc2ccccc12. The Morgan fingerprint density at radius 1 is 1.42 bits per heavy atom. The second-order valence-electron chi connectivity index (χ2n) is 4.03. The van der Waals surface area contributed by atoms with Gasteiger partial charge in [-0.3, -0.25) is 9.78 Å². The van der Waals surface area contributed by atoms with Crippen molar-refractivity contribution in [2.45, 2.75) is 6.42 Å². The summed E-state index contributed by atoms with van der Waals surface area (Å²) in [5.74, 6) is -0.0376. The molecule has 0 saturated carbocycles. The highest BCUT2D eigenvalue weighted by Gasteiger charge is 2.08. The zero-order valence-corrected chi connectivity index (χ0v) is 10.6. The smallest absolute Gasteiger partial charge is 0.221 e. The molecule has 5 heteroatoms. The molecule has 0 spiro atoms. The summed E-state index contributed by atoms with van der Waals surface area (Å²) in [6.45, 7) is 0.475. The van der Waals surface area contributed by atoms with Crippen LogP contribution < -0.4 is 10.6 Å². The van der Waals surface area contributed by atoms with Gasteiger partial charge in [0.1, 0.15) is 6.07 Å². The third kappa shape index (κ3) is 2.80. The Morgan fingerprint density at radius 2 is 2.21 bits per heavy atom. The summed E-state index contributed by atoms with van der Waals surface area (Å²) in [6, 6.07) is 9.71. The summed E-state index contributed by atoms with van der Waals surface area (Å²) >= 11 is 0. The fourth-order valence-corrected chi connectivity index (χ4v) is 1.84. The van der Waals surface area contributed by atoms with Crippen molar-refractivity contribution in [3.8, 4) is 6.07 Å². The van der Waals surface area contributed by atoms with Crippen molar-refractivity contribution >= 4 is 22.5 Å². The number of amides is 1. The van der Waals surface area contributed by atoms with Crippen LogP contribution in [0.25, 0.3) is 10.9 Å². The maximum absolute atomic E-state index is 11.2. The first-order valence-corrected chi connectivity index (χ1v) is 5.98. The van der Waals surface area contributed by atoms with Gasteiger partial charge in [-0.15, -0.1) is 0 Å². The maximum Gasteiger partial charge on any atom is 0.221 e. The first-order valence-electron chi connectivity index (χ1n) is 5.98. The number of rotatable bonds is 4. The molecule has 0 aliphatic rings. The van der Waals surface area contributed by atoms with Crippen LogP contribution in [0.2, 0.25) is 0 Å². The predicted molar refractivity (Wildman–Crippen MR) is 73.6 cm³/mol. The van der Waals surface area contributed by atoms with Crippen molar-refractivity contribution in [3.63, 3.8) is 0 Å². The average molecular weight is 254 g/mol. The van der Waals surface area contributed by atoms with Gasteiger partial charge in [0.25, 0.3) is 0 Å². The molecule has 1 aromatic heterocycles. The van der Waals surface area contributed by atoms with Gasteiger partial charge in [0, 0.05) is 31.6 Å². The minimum absolute atomic E-state index is 0.0376. The Balaban J connectivity index is 2.29. The molecule has 2 aromatic rings. The summed E-state index contributed by atoms with van der Waals surface area (Å²) in [4.78, 5) is 15.4. The molecule has 0 atom stereocenters. The molecule has 1 aromatic carbocycles. The summed E-state index contributed by atoms with van der Waals surface area (Å²) in [5.41, 5.74) is 2.04. The molecule has 0 saturated heterocycles. The van der Waals surface area contributed by atoms with Gasteiger partial charge in [-0.05, 0) is 6.07 Å². The van der Waals surface area contributed by atoms with Gasteiger partial charge in [-0.1, -0.05) is 18.2 Å². The van der Waals surface area contributed by atoms with Crippen LogP contribution in [0.1, 0.15) is 12.0 Å². The van der Waals surface area contributed by atoms with Crippen LogP contribution in [0, 0.1) is 11.3 Å². The van der Waals surface area contributed by atoms with E-state index in [9.17, 15) is 4.79 Å². The fourth-order valence-electron chi connectivity index (χ4n) is 1.84. The lowest BCUT2D eigenvalue weighted by molar-refractivity contribution is -0.120. The zero-order chi connectivity index (χ0) is 13.7. The van der Waals surface area contributed by atoms with E-state index in [0.717, 1.165) is 16.6 Å². The van der Waals surface area contributed by atoms with Crippen LogP contribution in [0.15, 0.2) is 30.5 Å². The van der Waals surface area contributed by atoms with Crippen molar-refractivity contribution in [2.75, 3.05) is 18.9 Å². The van der Waals surface area contributed by atoms with Crippen molar-refractivity contribution in [1.29, 1.82) is 5.26 Å². The summed E-state index contributed by atoms with van der Waals surface area (Å²) in [6.07, 6.45) is 1.91. The largest absolute Gasteiger partial charge is 0.383 e. The quantitative estimate of drug-likeness (QED) is 0.869. The lowest BCUT2D eigenvalue weighted by atomic mass is 10.1. The van der Waals surface area contributed by atoms with E-state index in [1.807, 2.05) is 24.3 Å². The number of hydrogen-bond acceptors (Lipinski definition) is 4. The molecule has 0 unspecified atom stereocenters. The molecule has 1 amide bonds. The minimum atomic E-state index is -0.0376. The van der Waals surface area contributed by atoms with E-state index >= 15 is 0 Å². The molecule has 0 fully saturated rings. The van der Waals surface area contributed by atoms with E-state index in [4.69, 9.17) is 5.26 Å². The minimum Gasteiger partial charge on any atom is -0.383 e. The third-order valence-corrected chi connectivity index (χ3v) is 2.83. The Hall–Kier alpha value is -2.61. The van der Waals surface area contributed by atoms with Crippen molar-refractivity contribution in [1.82, 2.24) is 10.3 Å². The number of carbonyl (C=O) groups excluding carboxylic acids is 1. The normalized spacial score (nSPS) is 9.89. The first kappa shape index (κ1) is 12.8. The van der Waals surface area contributed by atoms with E-state index in [-0.39, 0.29) is 5.91 Å². The van der Waals surface area contributed by atoms with Crippen LogP contribution in [0.4, 0.5) is 5.69 Å². The van der Waals surface area contributed by atoms with Gasteiger partial charge in [0.15, 0.2) is 0 Å². The molecular formula is C14H14N4O. The van der Waals surface area contributed by atoms with Crippen LogP contribution >= 0.6 is 0 Å². The molecule has 1 heterocycles. The number of anilines is 1. The van der Waals surface area contributed by atoms with Gasteiger partial charge in [-0.2, -0.15) is 5.26 Å². The Bertz CT molecular complexity index is 645. The Morgan fingerprint density at radius 3 is 2.95 bits per heavy atom. The molecule has 0 aliphatic carbocycles. The molecular weight excluding hydrogens is 240 g/mol. The van der Waals surface area contributed by atoms with Crippen molar-refractivity contribution < 1.29 is 4.79 Å². The molecule has 96 valence electrons. The highest BCUT2D eigenvalue weighted by atomic mass is 16.1. The van der Waals surface area contributed by atoms with Crippen LogP contribution in [-0.4, -0.2) is 24.5 Å². The van der Waals surface area contributed by atoms with Crippen molar-refractivity contribution in [3.05, 3.63) is 36.0 Å². The zero-order valence-electron chi connectivity index (χ0n) is 10.6. The lowest BCUT2D eigenvalue weighted by Gasteiger charge is -2.10. The number of pyridine rings is 1. The van der Waals surface area contributed by atoms with Crippen LogP contribution in [0.3, 0.4) is 0 Å². The number of aromatic nitrogens is 1. The van der Waals surface area contributed by atoms with Gasteiger partial charge in [0.05, 0.1) is 16.8 Å². The topological polar surface area (TPSA) is 77.8 Å². The molecule has 19 heavy (non-hydrogen) atoms. The molecule has 2 N–H and O–H groups in total. The lowest BCUT2D eigenvalue weighted by Crippen LogP contribution is -2.21. The van der Waals surface area contributed by atoms with Crippen LogP contribution in [0.5, 0.6) is 0 Å². The van der Waals surface area contributed by atoms with E-state index < -0.39 is 0 Å². The number of hydrogen-bond donors (Lipinski definition) is 2. The van der Waals surface area contributed by atoms with Gasteiger partial charge in [0.2, 0.25) is 5.91 Å². The third-order valence-electron chi connectivity index (χ3n) is 2.83. The van der Waals surface area contributed by atoms with Gasteiger partial charge < -0.3 is 10.6 Å². The Labute approximate surface area is 111 Å². The molecule has 2 rings (SSSR count). The van der Waals surface area contributed by atoms with Gasteiger partial charge >= 0.3 is 0 Å². The first-order chi connectivity index (χ1) is 9.26.